The van der Waals surface area contributed by atoms with Gasteiger partial charge in [-0.2, -0.15) is 0 Å². The number of nitrogens with zero attached hydrogens (tertiary/aromatic N) is 3. The van der Waals surface area contributed by atoms with Crippen LogP contribution in [-0.4, -0.2) is 22.4 Å². The first kappa shape index (κ1) is 17.0. The maximum absolute atomic E-state index is 9.07. The van der Waals surface area contributed by atoms with Crippen molar-refractivity contribution in [1.29, 1.82) is 0 Å². The van der Waals surface area contributed by atoms with Crippen LogP contribution in [0.15, 0.2) is 53.8 Å². The van der Waals surface area contributed by atoms with Crippen LogP contribution in [0.2, 0.25) is 0 Å². The Hall–Kier alpha value is -2.36. The maximum atomic E-state index is 9.07. The number of benzene rings is 1. The second-order valence-corrected chi connectivity index (χ2v) is 6.78. The van der Waals surface area contributed by atoms with Crippen LogP contribution < -0.4 is 4.90 Å². The van der Waals surface area contributed by atoms with E-state index in [1.165, 1.54) is 5.56 Å². The monoisotopic (exact) mass is 311 g/mol. The molecule has 2 rings (SSSR count). The van der Waals surface area contributed by atoms with Gasteiger partial charge in [0.25, 0.3) is 0 Å². The molecule has 0 aliphatic heterocycles. The first-order chi connectivity index (χ1) is 10.9. The Morgan fingerprint density at radius 2 is 1.83 bits per heavy atom. The predicted octanol–water partition coefficient (Wildman–Crippen LogP) is 4.24. The maximum Gasteiger partial charge on any atom is 0.0732 e. The number of aromatic nitrogens is 1. The molecular weight excluding hydrogens is 286 g/mol. The molecule has 0 bridgehead atoms. The molecule has 0 fully saturated rings. The number of rotatable bonds is 5. The molecule has 4 heteroatoms. The Balaban J connectivity index is 2.42. The SMILES string of the molecule is C/C(CN(Cc1ccccn1)c1ccccc1C(C)(C)C)=N\O. The molecule has 0 unspecified atom stereocenters. The van der Waals surface area contributed by atoms with Crippen molar-refractivity contribution in [2.75, 3.05) is 11.4 Å². The summed E-state index contributed by atoms with van der Waals surface area (Å²) < 4.78 is 0. The van der Waals surface area contributed by atoms with E-state index in [2.05, 4.69) is 54.0 Å². The van der Waals surface area contributed by atoms with Crippen LogP contribution in [0.5, 0.6) is 0 Å². The molecule has 0 saturated heterocycles. The van der Waals surface area contributed by atoms with Crippen molar-refractivity contribution in [2.45, 2.75) is 39.7 Å². The number of hydrogen-bond donors (Lipinski definition) is 1. The lowest BCUT2D eigenvalue weighted by Crippen LogP contribution is -2.31. The minimum Gasteiger partial charge on any atom is -0.411 e. The fourth-order valence-corrected chi connectivity index (χ4v) is 2.60. The summed E-state index contributed by atoms with van der Waals surface area (Å²) in [5, 5.41) is 12.4. The van der Waals surface area contributed by atoms with Gasteiger partial charge in [-0.25, -0.2) is 0 Å². The second-order valence-electron chi connectivity index (χ2n) is 6.78. The zero-order valence-electron chi connectivity index (χ0n) is 14.3. The Morgan fingerprint density at radius 3 is 2.43 bits per heavy atom. The average molecular weight is 311 g/mol. The third-order valence-corrected chi connectivity index (χ3v) is 3.72. The summed E-state index contributed by atoms with van der Waals surface area (Å²) >= 11 is 0. The lowest BCUT2D eigenvalue weighted by atomic mass is 9.85. The highest BCUT2D eigenvalue weighted by Gasteiger charge is 2.21. The molecule has 1 aromatic heterocycles. The van der Waals surface area contributed by atoms with Gasteiger partial charge in [0.05, 0.1) is 24.5 Å². The summed E-state index contributed by atoms with van der Waals surface area (Å²) in [6.07, 6.45) is 1.80. The zero-order chi connectivity index (χ0) is 16.9. The largest absolute Gasteiger partial charge is 0.411 e. The molecule has 1 heterocycles. The van der Waals surface area contributed by atoms with Crippen molar-refractivity contribution < 1.29 is 5.21 Å². The first-order valence-corrected chi connectivity index (χ1v) is 7.83. The van der Waals surface area contributed by atoms with Crippen LogP contribution in [0.3, 0.4) is 0 Å². The van der Waals surface area contributed by atoms with Crippen LogP contribution in [0, 0.1) is 0 Å². The number of oxime groups is 1. The fourth-order valence-electron chi connectivity index (χ4n) is 2.60. The van der Waals surface area contributed by atoms with E-state index >= 15 is 0 Å². The van der Waals surface area contributed by atoms with E-state index in [-0.39, 0.29) is 5.41 Å². The molecule has 0 radical (unpaired) electrons. The first-order valence-electron chi connectivity index (χ1n) is 7.83. The summed E-state index contributed by atoms with van der Waals surface area (Å²) in [6.45, 7) is 9.67. The van der Waals surface area contributed by atoms with Gasteiger partial charge in [0.2, 0.25) is 0 Å². The number of para-hydroxylation sites is 1. The summed E-state index contributed by atoms with van der Waals surface area (Å²) in [6, 6.07) is 14.3. The summed E-state index contributed by atoms with van der Waals surface area (Å²) in [5.74, 6) is 0. The highest BCUT2D eigenvalue weighted by Crippen LogP contribution is 2.32. The van der Waals surface area contributed by atoms with Crippen LogP contribution in [0.4, 0.5) is 5.69 Å². The van der Waals surface area contributed by atoms with E-state index in [9.17, 15) is 0 Å². The van der Waals surface area contributed by atoms with E-state index in [0.717, 1.165) is 11.4 Å². The van der Waals surface area contributed by atoms with Crippen molar-refractivity contribution in [3.8, 4) is 0 Å². The molecule has 0 amide bonds. The van der Waals surface area contributed by atoms with Gasteiger partial charge in [0, 0.05) is 11.9 Å². The number of hydrogen-bond acceptors (Lipinski definition) is 4. The predicted molar refractivity (Wildman–Crippen MR) is 95.3 cm³/mol. The van der Waals surface area contributed by atoms with Gasteiger partial charge >= 0.3 is 0 Å². The average Bonchev–Trinajstić information content (AvgIpc) is 2.54. The lowest BCUT2D eigenvalue weighted by molar-refractivity contribution is 0.318. The molecule has 23 heavy (non-hydrogen) atoms. The molecule has 122 valence electrons. The van der Waals surface area contributed by atoms with Crippen molar-refractivity contribution in [2.24, 2.45) is 5.16 Å². The molecule has 2 aromatic rings. The van der Waals surface area contributed by atoms with Crippen molar-refractivity contribution >= 4 is 11.4 Å². The highest BCUT2D eigenvalue weighted by atomic mass is 16.4. The summed E-state index contributed by atoms with van der Waals surface area (Å²) in [4.78, 5) is 6.63. The molecule has 1 N–H and O–H groups in total. The minimum atomic E-state index is 0.0310. The van der Waals surface area contributed by atoms with Gasteiger partial charge in [-0.15, -0.1) is 0 Å². The molecule has 0 saturated carbocycles. The Bertz CT molecular complexity index is 660. The van der Waals surface area contributed by atoms with Crippen LogP contribution in [0.25, 0.3) is 0 Å². The van der Waals surface area contributed by atoms with Crippen molar-refractivity contribution in [3.05, 3.63) is 59.9 Å². The third kappa shape index (κ3) is 4.55. The lowest BCUT2D eigenvalue weighted by Gasteiger charge is -2.31. The Labute approximate surface area is 138 Å². The minimum absolute atomic E-state index is 0.0310. The van der Waals surface area contributed by atoms with Gasteiger partial charge in [-0.05, 0) is 36.1 Å². The molecule has 4 nitrogen and oxygen atoms in total. The van der Waals surface area contributed by atoms with Gasteiger partial charge in [0.1, 0.15) is 0 Å². The molecule has 0 aliphatic carbocycles. The molecule has 0 atom stereocenters. The quantitative estimate of drug-likeness (QED) is 0.510. The van der Waals surface area contributed by atoms with E-state index in [4.69, 9.17) is 5.21 Å². The molecule has 0 aliphatic rings. The number of pyridine rings is 1. The van der Waals surface area contributed by atoms with E-state index in [1.807, 2.05) is 31.2 Å². The number of anilines is 1. The van der Waals surface area contributed by atoms with Crippen molar-refractivity contribution in [1.82, 2.24) is 4.98 Å². The second kappa shape index (κ2) is 7.27. The topological polar surface area (TPSA) is 48.7 Å². The van der Waals surface area contributed by atoms with Crippen LogP contribution in [0.1, 0.15) is 39.0 Å². The van der Waals surface area contributed by atoms with Gasteiger partial charge < -0.3 is 10.1 Å². The zero-order valence-corrected chi connectivity index (χ0v) is 14.3. The molecule has 0 spiro atoms. The smallest absolute Gasteiger partial charge is 0.0732 e. The normalized spacial score (nSPS) is 12.3. The van der Waals surface area contributed by atoms with E-state index < -0.39 is 0 Å². The van der Waals surface area contributed by atoms with Gasteiger partial charge in [-0.1, -0.05) is 50.2 Å². The van der Waals surface area contributed by atoms with E-state index in [0.29, 0.717) is 18.8 Å². The van der Waals surface area contributed by atoms with Gasteiger partial charge in [-0.3, -0.25) is 4.98 Å². The van der Waals surface area contributed by atoms with Crippen LogP contribution >= 0.6 is 0 Å². The fraction of sp³-hybridized carbons (Fsp3) is 0.368. The van der Waals surface area contributed by atoms with Gasteiger partial charge in [0.15, 0.2) is 0 Å². The van der Waals surface area contributed by atoms with Crippen molar-refractivity contribution in [3.63, 3.8) is 0 Å². The molecular formula is C19H25N3O. The summed E-state index contributed by atoms with van der Waals surface area (Å²) in [7, 11) is 0. The third-order valence-electron chi connectivity index (χ3n) is 3.72. The summed E-state index contributed by atoms with van der Waals surface area (Å²) in [5.41, 5.74) is 4.10. The Morgan fingerprint density at radius 1 is 1.13 bits per heavy atom. The Kier molecular flexibility index (Phi) is 5.37. The van der Waals surface area contributed by atoms with Crippen LogP contribution in [-0.2, 0) is 12.0 Å². The standard InChI is InChI=1S/C19H25N3O/c1-15(21-23)13-22(14-16-9-7-8-12-20-16)18-11-6-5-10-17(18)19(2,3)4/h5-12,23H,13-14H2,1-4H3/b21-15+. The van der Waals surface area contributed by atoms with E-state index in [1.54, 1.807) is 6.20 Å². The molecule has 1 aromatic carbocycles. The highest BCUT2D eigenvalue weighted by molar-refractivity contribution is 5.86.